The zero-order valence-corrected chi connectivity index (χ0v) is 10.1. The summed E-state index contributed by atoms with van der Waals surface area (Å²) in [6.07, 6.45) is 5.33. The van der Waals surface area contributed by atoms with Crippen LogP contribution in [0.1, 0.15) is 43.5 Å². The maximum Gasteiger partial charge on any atom is 0.0613 e. The van der Waals surface area contributed by atoms with Crippen LogP contribution in [0.3, 0.4) is 0 Å². The number of hydrogen-bond acceptors (Lipinski definition) is 0. The fourth-order valence-electron chi connectivity index (χ4n) is 2.66. The Morgan fingerprint density at radius 2 is 1.93 bits per heavy atom. The molecule has 0 bridgehead atoms. The van der Waals surface area contributed by atoms with Gasteiger partial charge in [-0.25, -0.2) is 0 Å². The fourth-order valence-corrected chi connectivity index (χ4v) is 3.03. The third kappa shape index (κ3) is 2.75. The van der Waals surface area contributed by atoms with E-state index in [2.05, 4.69) is 37.3 Å². The first-order valence-corrected chi connectivity index (χ1v) is 6.40. The van der Waals surface area contributed by atoms with Gasteiger partial charge in [0.15, 0.2) is 0 Å². The second-order valence-electron chi connectivity index (χ2n) is 4.84. The van der Waals surface area contributed by atoms with Crippen molar-refractivity contribution in [3.63, 3.8) is 0 Å². The van der Waals surface area contributed by atoms with Gasteiger partial charge < -0.3 is 0 Å². The topological polar surface area (TPSA) is 0 Å². The first-order valence-electron chi connectivity index (χ1n) is 5.96. The summed E-state index contributed by atoms with van der Waals surface area (Å²) in [6.45, 7) is 2.35. The van der Waals surface area contributed by atoms with E-state index in [1.54, 1.807) is 0 Å². The van der Waals surface area contributed by atoms with Gasteiger partial charge in [-0.2, -0.15) is 0 Å². The fraction of sp³-hybridized carbons (Fsp3) is 0.571. The molecule has 0 heterocycles. The second-order valence-corrected chi connectivity index (χ2v) is 5.31. The first-order chi connectivity index (χ1) is 7.27. The van der Waals surface area contributed by atoms with Gasteiger partial charge in [0.05, 0.1) is 5.38 Å². The van der Waals surface area contributed by atoms with E-state index < -0.39 is 0 Å². The summed E-state index contributed by atoms with van der Waals surface area (Å²) in [7, 11) is 0. The Labute approximate surface area is 97.6 Å². The van der Waals surface area contributed by atoms with E-state index in [0.717, 1.165) is 5.92 Å². The van der Waals surface area contributed by atoms with Crippen molar-refractivity contribution in [3.8, 4) is 0 Å². The molecule has 0 spiro atoms. The monoisotopic (exact) mass is 222 g/mol. The van der Waals surface area contributed by atoms with E-state index in [9.17, 15) is 0 Å². The Kier molecular flexibility index (Phi) is 3.69. The van der Waals surface area contributed by atoms with Crippen molar-refractivity contribution in [2.75, 3.05) is 0 Å². The molecule has 3 atom stereocenters. The minimum Gasteiger partial charge on any atom is -0.118 e. The van der Waals surface area contributed by atoms with Gasteiger partial charge in [0.2, 0.25) is 0 Å². The molecule has 0 aromatic heterocycles. The summed E-state index contributed by atoms with van der Waals surface area (Å²) in [5.41, 5.74) is 1.29. The Morgan fingerprint density at radius 3 is 2.60 bits per heavy atom. The van der Waals surface area contributed by atoms with E-state index in [0.29, 0.717) is 5.92 Å². The highest BCUT2D eigenvalue weighted by Gasteiger charge is 2.25. The summed E-state index contributed by atoms with van der Waals surface area (Å²) in [5, 5.41) is 0.217. The van der Waals surface area contributed by atoms with Crippen LogP contribution in [0, 0.1) is 11.8 Å². The van der Waals surface area contributed by atoms with Crippen LogP contribution in [-0.4, -0.2) is 0 Å². The van der Waals surface area contributed by atoms with Crippen molar-refractivity contribution in [1.29, 1.82) is 0 Å². The van der Waals surface area contributed by atoms with Gasteiger partial charge in [-0.15, -0.1) is 11.6 Å². The smallest absolute Gasteiger partial charge is 0.0613 e. The average molecular weight is 223 g/mol. The molecule has 1 aliphatic carbocycles. The predicted molar refractivity (Wildman–Crippen MR) is 66.2 cm³/mol. The maximum atomic E-state index is 6.55. The summed E-state index contributed by atoms with van der Waals surface area (Å²) in [6, 6.07) is 10.5. The van der Waals surface area contributed by atoms with Crippen molar-refractivity contribution in [2.45, 2.75) is 38.0 Å². The molecular weight excluding hydrogens is 204 g/mol. The molecule has 0 nitrogen and oxygen atoms in total. The average Bonchev–Trinajstić information content (AvgIpc) is 2.29. The lowest BCUT2D eigenvalue weighted by atomic mass is 9.79. The molecule has 1 aliphatic rings. The van der Waals surface area contributed by atoms with Gasteiger partial charge in [0.1, 0.15) is 0 Å². The predicted octanol–water partition coefficient (Wildman–Crippen LogP) is 4.79. The molecular formula is C14H19Cl. The SMILES string of the molecule is CC1CCCC(C(Cl)c2ccccc2)C1. The highest BCUT2D eigenvalue weighted by atomic mass is 35.5. The van der Waals surface area contributed by atoms with Crippen LogP contribution < -0.4 is 0 Å². The second kappa shape index (κ2) is 5.03. The molecule has 0 N–H and O–H groups in total. The first kappa shape index (κ1) is 11.0. The molecule has 0 aliphatic heterocycles. The van der Waals surface area contributed by atoms with Crippen molar-refractivity contribution in [1.82, 2.24) is 0 Å². The Hall–Kier alpha value is -0.490. The summed E-state index contributed by atoms with van der Waals surface area (Å²) in [5.74, 6) is 1.53. The number of rotatable bonds is 2. The quantitative estimate of drug-likeness (QED) is 0.631. The normalized spacial score (nSPS) is 28.7. The molecule has 1 aromatic carbocycles. The summed E-state index contributed by atoms with van der Waals surface area (Å²) >= 11 is 6.55. The Morgan fingerprint density at radius 1 is 1.20 bits per heavy atom. The zero-order valence-electron chi connectivity index (χ0n) is 9.33. The number of benzene rings is 1. The molecule has 1 heteroatoms. The lowest BCUT2D eigenvalue weighted by Gasteiger charge is -2.30. The lowest BCUT2D eigenvalue weighted by molar-refractivity contribution is 0.276. The number of hydrogen-bond donors (Lipinski definition) is 0. The molecule has 3 unspecified atom stereocenters. The van der Waals surface area contributed by atoms with Crippen molar-refractivity contribution in [2.24, 2.45) is 11.8 Å². The lowest BCUT2D eigenvalue weighted by Crippen LogP contribution is -2.17. The summed E-state index contributed by atoms with van der Waals surface area (Å²) in [4.78, 5) is 0. The van der Waals surface area contributed by atoms with Crippen molar-refractivity contribution < 1.29 is 0 Å². The van der Waals surface area contributed by atoms with E-state index in [-0.39, 0.29) is 5.38 Å². The zero-order chi connectivity index (χ0) is 10.7. The Balaban J connectivity index is 2.04. The van der Waals surface area contributed by atoms with Crippen LogP contribution in [0.4, 0.5) is 0 Å². The molecule has 0 saturated heterocycles. The van der Waals surface area contributed by atoms with E-state index in [1.807, 2.05) is 0 Å². The molecule has 15 heavy (non-hydrogen) atoms. The van der Waals surface area contributed by atoms with Gasteiger partial charge in [-0.05, 0) is 30.2 Å². The number of halogens is 1. The third-order valence-corrected chi connectivity index (χ3v) is 4.12. The van der Waals surface area contributed by atoms with E-state index >= 15 is 0 Å². The highest BCUT2D eigenvalue weighted by molar-refractivity contribution is 6.21. The number of alkyl halides is 1. The summed E-state index contributed by atoms with van der Waals surface area (Å²) < 4.78 is 0. The minimum atomic E-state index is 0.217. The van der Waals surface area contributed by atoms with E-state index in [4.69, 9.17) is 11.6 Å². The minimum absolute atomic E-state index is 0.217. The van der Waals surface area contributed by atoms with Crippen LogP contribution >= 0.6 is 11.6 Å². The van der Waals surface area contributed by atoms with Crippen LogP contribution in [-0.2, 0) is 0 Å². The van der Waals surface area contributed by atoms with Gasteiger partial charge in [0.25, 0.3) is 0 Å². The standard InChI is InChI=1S/C14H19Cl/c1-11-6-5-9-13(10-11)14(15)12-7-3-2-4-8-12/h2-4,7-8,11,13-14H,5-6,9-10H2,1H3. The maximum absolute atomic E-state index is 6.55. The van der Waals surface area contributed by atoms with Crippen LogP contribution in [0.25, 0.3) is 0 Å². The van der Waals surface area contributed by atoms with Crippen molar-refractivity contribution in [3.05, 3.63) is 35.9 Å². The molecule has 0 radical (unpaired) electrons. The van der Waals surface area contributed by atoms with Gasteiger partial charge in [0, 0.05) is 0 Å². The van der Waals surface area contributed by atoms with E-state index in [1.165, 1.54) is 31.2 Å². The molecule has 0 amide bonds. The van der Waals surface area contributed by atoms with Gasteiger partial charge in [-0.1, -0.05) is 50.1 Å². The molecule has 1 aromatic rings. The molecule has 2 rings (SSSR count). The Bertz CT molecular complexity index is 293. The third-order valence-electron chi connectivity index (χ3n) is 3.51. The largest absolute Gasteiger partial charge is 0.118 e. The highest BCUT2D eigenvalue weighted by Crippen LogP contribution is 2.40. The van der Waals surface area contributed by atoms with Crippen molar-refractivity contribution >= 4 is 11.6 Å². The molecule has 1 saturated carbocycles. The van der Waals surface area contributed by atoms with Gasteiger partial charge in [-0.3, -0.25) is 0 Å². The molecule has 82 valence electrons. The van der Waals surface area contributed by atoms with Crippen LogP contribution in [0.15, 0.2) is 30.3 Å². The van der Waals surface area contributed by atoms with Crippen LogP contribution in [0.2, 0.25) is 0 Å². The molecule has 1 fully saturated rings. The van der Waals surface area contributed by atoms with Gasteiger partial charge >= 0.3 is 0 Å². The van der Waals surface area contributed by atoms with Crippen LogP contribution in [0.5, 0.6) is 0 Å².